The molecule has 23 heavy (non-hydrogen) atoms. The van der Waals surface area contributed by atoms with Gasteiger partial charge in [-0.15, -0.1) is 11.8 Å². The molecular weight excluding hydrogens is 304 g/mol. The van der Waals surface area contributed by atoms with Crippen LogP contribution in [0.5, 0.6) is 0 Å². The summed E-state index contributed by atoms with van der Waals surface area (Å²) in [5.41, 5.74) is 0. The minimum absolute atomic E-state index is 0.265. The first kappa shape index (κ1) is 22.6. The summed E-state index contributed by atoms with van der Waals surface area (Å²) in [5, 5.41) is 1.84. The number of unbranched alkanes of at least 4 members (excludes halogenated alkanes) is 13. The summed E-state index contributed by atoms with van der Waals surface area (Å²) in [6, 6.07) is 0. The molecule has 0 saturated heterocycles. The number of hydrogen-bond donors (Lipinski definition) is 0. The third kappa shape index (κ3) is 19.5. The molecule has 0 aliphatic carbocycles. The van der Waals surface area contributed by atoms with Crippen LogP contribution < -0.4 is 0 Å². The van der Waals surface area contributed by atoms with Crippen LogP contribution >= 0.6 is 11.8 Å². The summed E-state index contributed by atoms with van der Waals surface area (Å²) in [4.78, 5) is 10.8. The molecule has 0 saturated carbocycles. The Hall–Kier alpha value is -0.440. The molecule has 2 nitrogen and oxygen atoms in total. The van der Waals surface area contributed by atoms with Gasteiger partial charge in [0.1, 0.15) is 0 Å². The van der Waals surface area contributed by atoms with Crippen LogP contribution in [0.1, 0.15) is 96.8 Å². The summed E-state index contributed by atoms with van der Waals surface area (Å²) >= 11 is 1.70. The van der Waals surface area contributed by atoms with E-state index in [0.29, 0.717) is 0 Å². The lowest BCUT2D eigenvalue weighted by atomic mass is 10.0. The van der Waals surface area contributed by atoms with Gasteiger partial charge in [0, 0.05) is 6.08 Å². The Bertz CT molecular complexity index is 277. The molecule has 0 aliphatic rings. The molecule has 0 aromatic heterocycles. The Morgan fingerprint density at radius 1 is 0.783 bits per heavy atom. The highest BCUT2D eigenvalue weighted by molar-refractivity contribution is 8.02. The van der Waals surface area contributed by atoms with Gasteiger partial charge in [-0.25, -0.2) is 4.79 Å². The van der Waals surface area contributed by atoms with Gasteiger partial charge < -0.3 is 4.74 Å². The monoisotopic (exact) mass is 342 g/mol. The summed E-state index contributed by atoms with van der Waals surface area (Å²) in [6.45, 7) is 2.28. The average molecular weight is 343 g/mol. The molecular formula is C20H38O2S. The zero-order valence-corrected chi connectivity index (χ0v) is 16.3. The minimum Gasteiger partial charge on any atom is -0.466 e. The van der Waals surface area contributed by atoms with Crippen molar-refractivity contribution in [2.24, 2.45) is 0 Å². The molecule has 136 valence electrons. The number of esters is 1. The van der Waals surface area contributed by atoms with E-state index in [2.05, 4.69) is 11.7 Å². The summed E-state index contributed by atoms with van der Waals surface area (Å²) in [7, 11) is 1.41. The van der Waals surface area contributed by atoms with Gasteiger partial charge in [0.2, 0.25) is 0 Å². The molecule has 0 spiro atoms. The maximum absolute atomic E-state index is 10.8. The lowest BCUT2D eigenvalue weighted by molar-refractivity contribution is -0.134. The Morgan fingerprint density at radius 2 is 1.22 bits per heavy atom. The lowest BCUT2D eigenvalue weighted by Crippen LogP contribution is -1.92. The highest BCUT2D eigenvalue weighted by atomic mass is 32.2. The van der Waals surface area contributed by atoms with E-state index in [1.165, 1.54) is 103 Å². The quantitative estimate of drug-likeness (QED) is 0.163. The van der Waals surface area contributed by atoms with Crippen molar-refractivity contribution in [3.05, 3.63) is 11.5 Å². The maximum Gasteiger partial charge on any atom is 0.330 e. The molecule has 0 heterocycles. The van der Waals surface area contributed by atoms with Crippen LogP contribution in [0.2, 0.25) is 0 Å². The number of hydrogen-bond acceptors (Lipinski definition) is 3. The van der Waals surface area contributed by atoms with Crippen molar-refractivity contribution in [1.29, 1.82) is 0 Å². The van der Waals surface area contributed by atoms with Gasteiger partial charge in [0.05, 0.1) is 7.11 Å². The molecule has 0 N–H and O–H groups in total. The second-order valence-corrected chi connectivity index (χ2v) is 7.31. The van der Waals surface area contributed by atoms with E-state index in [-0.39, 0.29) is 5.97 Å². The van der Waals surface area contributed by atoms with Crippen LogP contribution in [0.4, 0.5) is 0 Å². The summed E-state index contributed by atoms with van der Waals surface area (Å²) < 4.78 is 4.54. The van der Waals surface area contributed by atoms with E-state index < -0.39 is 0 Å². The zero-order valence-electron chi connectivity index (χ0n) is 15.5. The highest BCUT2D eigenvalue weighted by Gasteiger charge is 1.94. The first-order valence-corrected chi connectivity index (χ1v) is 10.7. The van der Waals surface area contributed by atoms with E-state index in [4.69, 9.17) is 0 Å². The largest absolute Gasteiger partial charge is 0.466 e. The van der Waals surface area contributed by atoms with Crippen molar-refractivity contribution >= 4 is 17.7 Å². The summed E-state index contributed by atoms with van der Waals surface area (Å²) in [6.07, 6.45) is 21.0. The van der Waals surface area contributed by atoms with Crippen LogP contribution in [0.3, 0.4) is 0 Å². The first-order valence-electron chi connectivity index (χ1n) is 9.67. The fourth-order valence-electron chi connectivity index (χ4n) is 2.62. The second kappa shape index (κ2) is 19.6. The lowest BCUT2D eigenvalue weighted by Gasteiger charge is -2.03. The Kier molecular flexibility index (Phi) is 19.2. The zero-order chi connectivity index (χ0) is 17.0. The smallest absolute Gasteiger partial charge is 0.330 e. The van der Waals surface area contributed by atoms with E-state index in [9.17, 15) is 4.79 Å². The highest BCUT2D eigenvalue weighted by Crippen LogP contribution is 2.14. The Morgan fingerprint density at radius 3 is 1.65 bits per heavy atom. The Labute approximate surface area is 148 Å². The van der Waals surface area contributed by atoms with Crippen molar-refractivity contribution in [3.8, 4) is 0 Å². The van der Waals surface area contributed by atoms with Gasteiger partial charge in [-0.1, -0.05) is 90.4 Å². The second-order valence-electron chi connectivity index (χ2n) is 6.29. The molecule has 0 amide bonds. The predicted octanol–water partition coefficient (Wildman–Crippen LogP) is 6.89. The first-order chi connectivity index (χ1) is 11.3. The number of methoxy groups -OCH3 is 1. The Balaban J connectivity index is 3.05. The number of rotatable bonds is 17. The van der Waals surface area contributed by atoms with E-state index >= 15 is 0 Å². The summed E-state index contributed by atoms with van der Waals surface area (Å²) in [5.74, 6) is 0.837. The standard InChI is InChI=1S/C20H38O2S/c1-3-4-5-6-7-8-9-10-11-12-13-14-15-16-18-23-19-17-20(21)22-2/h17,19H,3-16,18H2,1-2H3/b19-17-. The molecule has 0 fully saturated rings. The van der Waals surface area contributed by atoms with Crippen molar-refractivity contribution < 1.29 is 9.53 Å². The topological polar surface area (TPSA) is 26.3 Å². The SMILES string of the molecule is CCCCCCCCCCCCCCCCS/C=C\C(=O)OC. The van der Waals surface area contributed by atoms with Crippen molar-refractivity contribution in [1.82, 2.24) is 0 Å². The molecule has 0 aromatic carbocycles. The molecule has 0 unspecified atom stereocenters. The molecule has 0 bridgehead atoms. The van der Waals surface area contributed by atoms with Crippen molar-refractivity contribution in [3.63, 3.8) is 0 Å². The minimum atomic E-state index is -0.265. The molecule has 0 aromatic rings. The van der Waals surface area contributed by atoms with Crippen LogP contribution in [-0.4, -0.2) is 18.8 Å². The molecule has 3 heteroatoms. The van der Waals surface area contributed by atoms with Gasteiger partial charge in [0.25, 0.3) is 0 Å². The van der Waals surface area contributed by atoms with E-state index in [1.807, 2.05) is 5.41 Å². The maximum atomic E-state index is 10.8. The number of carbonyl (C=O) groups is 1. The van der Waals surface area contributed by atoms with Gasteiger partial charge in [-0.3, -0.25) is 0 Å². The van der Waals surface area contributed by atoms with E-state index in [0.717, 1.165) is 5.75 Å². The van der Waals surface area contributed by atoms with Crippen LogP contribution in [0.15, 0.2) is 11.5 Å². The molecule has 0 atom stereocenters. The molecule has 0 rings (SSSR count). The van der Waals surface area contributed by atoms with Crippen LogP contribution in [-0.2, 0) is 9.53 Å². The third-order valence-corrected chi connectivity index (χ3v) is 4.97. The van der Waals surface area contributed by atoms with Gasteiger partial charge in [0.15, 0.2) is 0 Å². The fraction of sp³-hybridized carbons (Fsp3) is 0.850. The molecule has 0 radical (unpaired) electrons. The van der Waals surface area contributed by atoms with E-state index in [1.54, 1.807) is 11.8 Å². The number of thioether (sulfide) groups is 1. The van der Waals surface area contributed by atoms with Crippen molar-refractivity contribution in [2.45, 2.75) is 96.8 Å². The average Bonchev–Trinajstić information content (AvgIpc) is 2.57. The third-order valence-electron chi connectivity index (χ3n) is 4.12. The number of ether oxygens (including phenoxy) is 1. The van der Waals surface area contributed by atoms with Gasteiger partial charge >= 0.3 is 5.97 Å². The molecule has 0 aliphatic heterocycles. The fourth-order valence-corrected chi connectivity index (χ4v) is 3.33. The number of carbonyl (C=O) groups excluding carboxylic acids is 1. The van der Waals surface area contributed by atoms with Gasteiger partial charge in [-0.2, -0.15) is 0 Å². The normalized spacial score (nSPS) is 11.2. The predicted molar refractivity (Wildman–Crippen MR) is 104 cm³/mol. The van der Waals surface area contributed by atoms with Crippen molar-refractivity contribution in [2.75, 3.05) is 12.9 Å². The van der Waals surface area contributed by atoms with Crippen LogP contribution in [0.25, 0.3) is 0 Å². The van der Waals surface area contributed by atoms with Crippen LogP contribution in [0, 0.1) is 0 Å². The van der Waals surface area contributed by atoms with Gasteiger partial charge in [-0.05, 0) is 17.6 Å².